The van der Waals surface area contributed by atoms with Crippen molar-refractivity contribution in [1.29, 1.82) is 0 Å². The largest absolute Gasteiger partial charge is 0.461 e. The lowest BCUT2D eigenvalue weighted by molar-refractivity contribution is -0.151. The van der Waals surface area contributed by atoms with Crippen LogP contribution in [-0.4, -0.2) is 18.6 Å². The molecule has 0 amide bonds. The zero-order valence-electron chi connectivity index (χ0n) is 18.2. The van der Waals surface area contributed by atoms with Crippen molar-refractivity contribution in [2.75, 3.05) is 6.54 Å². The first-order chi connectivity index (χ1) is 13.0. The molecular formula is C24H41NO2. The second-order valence-corrected chi connectivity index (χ2v) is 8.27. The molecule has 0 aromatic heterocycles. The van der Waals surface area contributed by atoms with Crippen molar-refractivity contribution >= 4 is 5.97 Å². The van der Waals surface area contributed by atoms with E-state index in [1.807, 2.05) is 30.3 Å². The number of ether oxygens (including phenoxy) is 1. The summed E-state index contributed by atoms with van der Waals surface area (Å²) in [5, 5.41) is 3.48. The van der Waals surface area contributed by atoms with Gasteiger partial charge in [0.2, 0.25) is 0 Å². The summed E-state index contributed by atoms with van der Waals surface area (Å²) in [4.78, 5) is 12.8. The van der Waals surface area contributed by atoms with E-state index in [0.717, 1.165) is 43.7 Å². The van der Waals surface area contributed by atoms with Gasteiger partial charge in [-0.2, -0.15) is 0 Å². The summed E-state index contributed by atoms with van der Waals surface area (Å²) in [6.45, 7) is 12.5. The van der Waals surface area contributed by atoms with Gasteiger partial charge < -0.3 is 10.1 Å². The van der Waals surface area contributed by atoms with Crippen LogP contribution in [0.5, 0.6) is 0 Å². The number of hydrogen-bond acceptors (Lipinski definition) is 3. The van der Waals surface area contributed by atoms with Crippen molar-refractivity contribution in [1.82, 2.24) is 5.32 Å². The van der Waals surface area contributed by atoms with Crippen LogP contribution >= 0.6 is 0 Å². The van der Waals surface area contributed by atoms with Crippen LogP contribution in [0.1, 0.15) is 78.7 Å². The fourth-order valence-electron chi connectivity index (χ4n) is 3.71. The maximum atomic E-state index is 12.8. The average Bonchev–Trinajstić information content (AvgIpc) is 2.66. The number of carbonyl (C=O) groups excluding carboxylic acids is 1. The lowest BCUT2D eigenvalue weighted by Gasteiger charge is -2.23. The smallest absolute Gasteiger partial charge is 0.309 e. The second-order valence-electron chi connectivity index (χ2n) is 8.27. The van der Waals surface area contributed by atoms with E-state index in [1.165, 1.54) is 12.8 Å². The van der Waals surface area contributed by atoms with Gasteiger partial charge in [-0.25, -0.2) is 0 Å². The Labute approximate surface area is 167 Å². The standard InChI is InChI=1S/C24H41NO2/c1-6-19(3)12-11-15-23(17-20(4)16-21(5)25-7-2)24(26)27-18-22-13-9-8-10-14-22/h8-10,13-14,19-21,23,25H,6-7,11-12,15-18H2,1-5H3/t19?,20-,21-,23?/m1/s1. The van der Waals surface area contributed by atoms with E-state index in [0.29, 0.717) is 18.6 Å². The van der Waals surface area contributed by atoms with Crippen LogP contribution in [-0.2, 0) is 16.1 Å². The molecule has 0 saturated carbocycles. The summed E-state index contributed by atoms with van der Waals surface area (Å²) < 4.78 is 5.67. The molecular weight excluding hydrogens is 334 g/mol. The van der Waals surface area contributed by atoms with Crippen molar-refractivity contribution < 1.29 is 9.53 Å². The van der Waals surface area contributed by atoms with E-state index in [-0.39, 0.29) is 11.9 Å². The monoisotopic (exact) mass is 375 g/mol. The summed E-state index contributed by atoms with van der Waals surface area (Å²) in [6.07, 6.45) is 6.47. The van der Waals surface area contributed by atoms with E-state index >= 15 is 0 Å². The van der Waals surface area contributed by atoms with Crippen LogP contribution in [0.3, 0.4) is 0 Å². The molecule has 3 nitrogen and oxygen atoms in total. The second kappa shape index (κ2) is 13.8. The lowest BCUT2D eigenvalue weighted by Crippen LogP contribution is -2.29. The fraction of sp³-hybridized carbons (Fsp3) is 0.708. The molecule has 0 aliphatic carbocycles. The van der Waals surface area contributed by atoms with Crippen LogP contribution in [0.15, 0.2) is 30.3 Å². The molecule has 1 N–H and O–H groups in total. The molecule has 154 valence electrons. The van der Waals surface area contributed by atoms with Crippen LogP contribution in [0.25, 0.3) is 0 Å². The van der Waals surface area contributed by atoms with Crippen LogP contribution in [0.4, 0.5) is 0 Å². The van der Waals surface area contributed by atoms with Crippen molar-refractivity contribution in [3.63, 3.8) is 0 Å². The molecule has 0 radical (unpaired) electrons. The van der Waals surface area contributed by atoms with E-state index in [9.17, 15) is 4.79 Å². The number of benzene rings is 1. The summed E-state index contributed by atoms with van der Waals surface area (Å²) in [7, 11) is 0. The van der Waals surface area contributed by atoms with E-state index < -0.39 is 0 Å². The molecule has 1 aromatic rings. The predicted molar refractivity (Wildman–Crippen MR) is 115 cm³/mol. The van der Waals surface area contributed by atoms with E-state index in [4.69, 9.17) is 4.74 Å². The normalized spacial score (nSPS) is 15.7. The van der Waals surface area contributed by atoms with Gasteiger partial charge in [-0.3, -0.25) is 4.79 Å². The highest BCUT2D eigenvalue weighted by atomic mass is 16.5. The Morgan fingerprint density at radius 3 is 2.33 bits per heavy atom. The Hall–Kier alpha value is -1.35. The third-order valence-electron chi connectivity index (χ3n) is 5.50. The third kappa shape index (κ3) is 10.5. The minimum Gasteiger partial charge on any atom is -0.461 e. The van der Waals surface area contributed by atoms with Crippen molar-refractivity contribution in [3.8, 4) is 0 Å². The minimum atomic E-state index is -0.0223. The van der Waals surface area contributed by atoms with Gasteiger partial charge in [0.1, 0.15) is 6.61 Å². The molecule has 3 heteroatoms. The van der Waals surface area contributed by atoms with E-state index in [2.05, 4.69) is 39.9 Å². The molecule has 0 fully saturated rings. The van der Waals surface area contributed by atoms with Crippen LogP contribution in [0, 0.1) is 17.8 Å². The molecule has 0 bridgehead atoms. The zero-order chi connectivity index (χ0) is 20.1. The number of hydrogen-bond donors (Lipinski definition) is 1. The minimum absolute atomic E-state index is 0.0154. The first-order valence-electron chi connectivity index (χ1n) is 10.9. The zero-order valence-corrected chi connectivity index (χ0v) is 18.2. The Kier molecular flexibility index (Phi) is 12.1. The lowest BCUT2D eigenvalue weighted by atomic mass is 9.87. The Balaban J connectivity index is 2.57. The molecule has 27 heavy (non-hydrogen) atoms. The predicted octanol–water partition coefficient (Wildman–Crippen LogP) is 5.98. The van der Waals surface area contributed by atoms with Gasteiger partial charge in [-0.1, -0.05) is 77.3 Å². The third-order valence-corrected chi connectivity index (χ3v) is 5.50. The molecule has 0 aliphatic rings. The Bertz CT molecular complexity index is 502. The molecule has 2 unspecified atom stereocenters. The van der Waals surface area contributed by atoms with Crippen molar-refractivity contribution in [3.05, 3.63) is 35.9 Å². The molecule has 0 saturated heterocycles. The van der Waals surface area contributed by atoms with Gasteiger partial charge in [0, 0.05) is 6.04 Å². The summed E-state index contributed by atoms with van der Waals surface area (Å²) in [5.41, 5.74) is 1.05. The van der Waals surface area contributed by atoms with Gasteiger partial charge in [0.15, 0.2) is 0 Å². The van der Waals surface area contributed by atoms with Crippen molar-refractivity contribution in [2.24, 2.45) is 17.8 Å². The summed E-state index contributed by atoms with van der Waals surface area (Å²) in [5.74, 6) is 1.24. The highest BCUT2D eigenvalue weighted by Crippen LogP contribution is 2.25. The van der Waals surface area contributed by atoms with Crippen molar-refractivity contribution in [2.45, 2.75) is 85.8 Å². The van der Waals surface area contributed by atoms with Gasteiger partial charge in [-0.05, 0) is 50.1 Å². The first kappa shape index (κ1) is 23.7. The molecule has 1 rings (SSSR count). The Morgan fingerprint density at radius 2 is 1.70 bits per heavy atom. The summed E-state index contributed by atoms with van der Waals surface area (Å²) in [6, 6.07) is 10.5. The highest BCUT2D eigenvalue weighted by molar-refractivity contribution is 5.72. The highest BCUT2D eigenvalue weighted by Gasteiger charge is 2.23. The fourth-order valence-corrected chi connectivity index (χ4v) is 3.71. The SMILES string of the molecule is CCN[C@H](C)C[C@@H](C)CC(CCCC(C)CC)C(=O)OCc1ccccc1. The van der Waals surface area contributed by atoms with E-state index in [1.54, 1.807) is 0 Å². The Morgan fingerprint density at radius 1 is 1.00 bits per heavy atom. The number of nitrogens with one attached hydrogen (secondary N) is 1. The topological polar surface area (TPSA) is 38.3 Å². The summed E-state index contributed by atoms with van der Waals surface area (Å²) >= 11 is 0. The van der Waals surface area contributed by atoms with Gasteiger partial charge in [-0.15, -0.1) is 0 Å². The number of esters is 1. The van der Waals surface area contributed by atoms with Gasteiger partial charge in [0.25, 0.3) is 0 Å². The number of carbonyl (C=O) groups is 1. The van der Waals surface area contributed by atoms with Gasteiger partial charge in [0.05, 0.1) is 5.92 Å². The maximum absolute atomic E-state index is 12.8. The molecule has 0 heterocycles. The molecule has 4 atom stereocenters. The maximum Gasteiger partial charge on any atom is 0.309 e. The number of rotatable bonds is 14. The van der Waals surface area contributed by atoms with Crippen LogP contribution in [0.2, 0.25) is 0 Å². The molecule has 1 aromatic carbocycles. The first-order valence-corrected chi connectivity index (χ1v) is 10.9. The van der Waals surface area contributed by atoms with Crippen LogP contribution < -0.4 is 5.32 Å². The quantitative estimate of drug-likeness (QED) is 0.407. The molecule has 0 aliphatic heterocycles. The average molecular weight is 376 g/mol. The van der Waals surface area contributed by atoms with Gasteiger partial charge >= 0.3 is 5.97 Å². The molecule has 0 spiro atoms.